The van der Waals surface area contributed by atoms with Crippen LogP contribution in [0.5, 0.6) is 5.75 Å². The summed E-state index contributed by atoms with van der Waals surface area (Å²) < 4.78 is 32.6. The van der Waals surface area contributed by atoms with Gasteiger partial charge in [-0.1, -0.05) is 18.2 Å². The Labute approximate surface area is 197 Å². The third kappa shape index (κ3) is 5.91. The molecule has 1 aliphatic carbocycles. The van der Waals surface area contributed by atoms with Crippen molar-refractivity contribution in [2.24, 2.45) is 0 Å². The number of aromatic nitrogens is 4. The predicted octanol–water partition coefficient (Wildman–Crippen LogP) is 3.12. The monoisotopic (exact) mass is 488 g/mol. The van der Waals surface area contributed by atoms with Gasteiger partial charge in [0.2, 0.25) is 0 Å². The molecule has 0 bridgehead atoms. The number of carbonyl (C=O) groups excluding carboxylic acids is 1. The van der Waals surface area contributed by atoms with E-state index in [1.54, 1.807) is 42.1 Å². The van der Waals surface area contributed by atoms with Gasteiger partial charge < -0.3 is 24.3 Å². The third-order valence-electron chi connectivity index (χ3n) is 5.49. The number of benzene rings is 1. The molecule has 2 aromatic heterocycles. The van der Waals surface area contributed by atoms with Gasteiger partial charge in [-0.2, -0.15) is 0 Å². The topological polar surface area (TPSA) is 143 Å². The Morgan fingerprint density at radius 1 is 1.24 bits per heavy atom. The van der Waals surface area contributed by atoms with Gasteiger partial charge in [0.25, 0.3) is 0 Å². The summed E-state index contributed by atoms with van der Waals surface area (Å²) in [4.78, 5) is 24.8. The zero-order chi connectivity index (χ0) is 24.1. The van der Waals surface area contributed by atoms with Crippen LogP contribution in [-0.2, 0) is 25.4 Å². The highest BCUT2D eigenvalue weighted by atomic mass is 31.2. The number of fused-ring (bicyclic) bond motifs is 1. The lowest BCUT2D eigenvalue weighted by Gasteiger charge is -2.28. The maximum absolute atomic E-state index is 13.7. The standard InChI is InChI=1S/C22H29N6O5P/c1-15(11-28-13-26-19-20(23)24-12-25-21(19)28)31-14-34(30,33-18-7-4-3-5-8-18)27-16(2)22(29)32-17-9-6-10-17/h3-5,7-8,12-13,15-17H,6,9-11,14H2,1-2H3,(H,27,30)(H2,23,24,25). The molecule has 3 N–H and O–H groups in total. The van der Waals surface area contributed by atoms with Gasteiger partial charge in [0.1, 0.15) is 36.1 Å². The van der Waals surface area contributed by atoms with E-state index in [4.69, 9.17) is 19.7 Å². The molecule has 0 radical (unpaired) electrons. The number of anilines is 1. The number of para-hydroxylation sites is 1. The summed E-state index contributed by atoms with van der Waals surface area (Å²) in [6.45, 7) is 3.82. The number of imidazole rings is 1. The van der Waals surface area contributed by atoms with E-state index >= 15 is 0 Å². The largest absolute Gasteiger partial charge is 0.461 e. The predicted molar refractivity (Wildman–Crippen MR) is 126 cm³/mol. The molecule has 3 aromatic rings. The fourth-order valence-corrected chi connectivity index (χ4v) is 5.22. The molecule has 3 atom stereocenters. The van der Waals surface area contributed by atoms with Crippen LogP contribution in [0.1, 0.15) is 33.1 Å². The highest BCUT2D eigenvalue weighted by Gasteiger charge is 2.33. The van der Waals surface area contributed by atoms with Gasteiger partial charge in [-0.15, -0.1) is 0 Å². The summed E-state index contributed by atoms with van der Waals surface area (Å²) in [5.41, 5.74) is 6.93. The Kier molecular flexibility index (Phi) is 7.45. The number of hydrogen-bond acceptors (Lipinski definition) is 9. The molecule has 11 nitrogen and oxygen atoms in total. The average Bonchev–Trinajstić information content (AvgIpc) is 3.19. The summed E-state index contributed by atoms with van der Waals surface area (Å²) in [6.07, 6.45) is 5.04. The number of nitrogen functional groups attached to an aromatic ring is 1. The third-order valence-corrected chi connectivity index (χ3v) is 7.26. The summed E-state index contributed by atoms with van der Waals surface area (Å²) in [5, 5.41) is 2.82. The first-order valence-electron chi connectivity index (χ1n) is 11.2. The van der Waals surface area contributed by atoms with Crippen LogP contribution in [0.25, 0.3) is 11.2 Å². The van der Waals surface area contributed by atoms with E-state index in [1.807, 2.05) is 13.0 Å². The molecule has 12 heteroatoms. The molecule has 0 spiro atoms. The van der Waals surface area contributed by atoms with Gasteiger partial charge in [0.15, 0.2) is 11.5 Å². The van der Waals surface area contributed by atoms with Crippen LogP contribution in [0.4, 0.5) is 5.82 Å². The van der Waals surface area contributed by atoms with Crippen molar-refractivity contribution in [2.45, 2.75) is 57.9 Å². The molecular weight excluding hydrogens is 459 g/mol. The van der Waals surface area contributed by atoms with Crippen LogP contribution in [0, 0.1) is 0 Å². The number of nitrogens with two attached hydrogens (primary N) is 1. The fraction of sp³-hybridized carbons (Fsp3) is 0.455. The Morgan fingerprint density at radius 2 is 2.00 bits per heavy atom. The second-order valence-corrected chi connectivity index (χ2v) is 10.4. The Hall–Kier alpha value is -3.01. The van der Waals surface area contributed by atoms with E-state index in [9.17, 15) is 9.36 Å². The van der Waals surface area contributed by atoms with Gasteiger partial charge in [0.05, 0.1) is 19.0 Å². The van der Waals surface area contributed by atoms with Crippen LogP contribution < -0.4 is 15.3 Å². The summed E-state index contributed by atoms with van der Waals surface area (Å²) in [6, 6.07) is 7.93. The Balaban J connectivity index is 1.42. The SMILES string of the molecule is CC(Cn1cnc2c(N)ncnc21)OCP(=O)(NC(C)C(=O)OC1CCC1)Oc1ccccc1. The zero-order valence-corrected chi connectivity index (χ0v) is 20.1. The lowest BCUT2D eigenvalue weighted by atomic mass is 9.96. The van der Waals surface area contributed by atoms with E-state index < -0.39 is 19.5 Å². The van der Waals surface area contributed by atoms with E-state index in [0.717, 1.165) is 19.3 Å². The molecule has 34 heavy (non-hydrogen) atoms. The van der Waals surface area contributed by atoms with Crippen molar-refractivity contribution in [1.29, 1.82) is 0 Å². The quantitative estimate of drug-likeness (QED) is 0.305. The molecule has 182 valence electrons. The van der Waals surface area contributed by atoms with Crippen molar-refractivity contribution in [3.05, 3.63) is 43.0 Å². The van der Waals surface area contributed by atoms with Crippen molar-refractivity contribution in [2.75, 3.05) is 12.1 Å². The molecule has 1 fully saturated rings. The van der Waals surface area contributed by atoms with Crippen molar-refractivity contribution in [3.8, 4) is 5.75 Å². The Morgan fingerprint density at radius 3 is 2.71 bits per heavy atom. The van der Waals surface area contributed by atoms with Crippen LogP contribution in [0.15, 0.2) is 43.0 Å². The highest BCUT2D eigenvalue weighted by Crippen LogP contribution is 2.44. The van der Waals surface area contributed by atoms with Crippen LogP contribution in [-0.4, -0.2) is 50.1 Å². The maximum atomic E-state index is 13.7. The van der Waals surface area contributed by atoms with Crippen molar-refractivity contribution >= 4 is 30.5 Å². The minimum Gasteiger partial charge on any atom is -0.461 e. The number of nitrogens with zero attached hydrogens (tertiary/aromatic N) is 4. The molecule has 4 rings (SSSR count). The summed E-state index contributed by atoms with van der Waals surface area (Å²) in [7, 11) is -3.63. The number of nitrogens with one attached hydrogen (secondary N) is 1. The molecule has 2 heterocycles. The van der Waals surface area contributed by atoms with Gasteiger partial charge >= 0.3 is 13.5 Å². The molecule has 0 aliphatic heterocycles. The van der Waals surface area contributed by atoms with Gasteiger partial charge in [-0.05, 0) is 45.2 Å². The Bertz CT molecular complexity index is 1170. The number of ether oxygens (including phenoxy) is 2. The number of hydrogen-bond donors (Lipinski definition) is 2. The zero-order valence-electron chi connectivity index (χ0n) is 19.2. The highest BCUT2D eigenvalue weighted by molar-refractivity contribution is 7.57. The maximum Gasteiger partial charge on any atom is 0.342 e. The average molecular weight is 488 g/mol. The molecule has 0 amide bonds. The molecule has 1 aliphatic rings. The van der Waals surface area contributed by atoms with Crippen LogP contribution >= 0.6 is 7.52 Å². The van der Waals surface area contributed by atoms with Crippen molar-refractivity contribution in [1.82, 2.24) is 24.6 Å². The van der Waals surface area contributed by atoms with Gasteiger partial charge in [-0.3, -0.25) is 9.36 Å². The first-order chi connectivity index (χ1) is 16.3. The minimum absolute atomic E-state index is 0.0645. The van der Waals surface area contributed by atoms with E-state index in [1.165, 1.54) is 6.33 Å². The van der Waals surface area contributed by atoms with E-state index in [2.05, 4.69) is 20.0 Å². The van der Waals surface area contributed by atoms with E-state index in [-0.39, 0.29) is 18.6 Å². The minimum atomic E-state index is -3.63. The van der Waals surface area contributed by atoms with Crippen LogP contribution in [0.3, 0.4) is 0 Å². The smallest absolute Gasteiger partial charge is 0.342 e. The second kappa shape index (κ2) is 10.5. The lowest BCUT2D eigenvalue weighted by Crippen LogP contribution is -2.39. The normalized spacial score (nSPS) is 17.5. The fourth-order valence-electron chi connectivity index (χ4n) is 3.43. The molecule has 3 unspecified atom stereocenters. The molecule has 1 aromatic carbocycles. The summed E-state index contributed by atoms with van der Waals surface area (Å²) >= 11 is 0. The lowest BCUT2D eigenvalue weighted by molar-refractivity contribution is -0.154. The van der Waals surface area contributed by atoms with E-state index in [0.29, 0.717) is 29.3 Å². The van der Waals surface area contributed by atoms with Crippen LogP contribution in [0.2, 0.25) is 0 Å². The van der Waals surface area contributed by atoms with Gasteiger partial charge in [0, 0.05) is 0 Å². The van der Waals surface area contributed by atoms with Crippen molar-refractivity contribution < 1.29 is 23.4 Å². The number of rotatable bonds is 11. The first-order valence-corrected chi connectivity index (χ1v) is 13.0. The van der Waals surface area contributed by atoms with Gasteiger partial charge in [-0.25, -0.2) is 20.0 Å². The number of esters is 1. The molecule has 0 saturated heterocycles. The first kappa shape index (κ1) is 24.1. The molecular formula is C22H29N6O5P. The second-order valence-electron chi connectivity index (χ2n) is 8.35. The molecule has 1 saturated carbocycles. The van der Waals surface area contributed by atoms with Crippen molar-refractivity contribution in [3.63, 3.8) is 0 Å². The number of carbonyl (C=O) groups is 1. The summed E-state index contributed by atoms with van der Waals surface area (Å²) in [5.74, 6) is 0.240.